The Morgan fingerprint density at radius 1 is 1.04 bits per heavy atom. The quantitative estimate of drug-likeness (QED) is 0.676. The summed E-state index contributed by atoms with van der Waals surface area (Å²) in [5.74, 6) is 0.896. The number of phenols is 1. The molecule has 2 aromatic heterocycles. The van der Waals surface area contributed by atoms with Crippen LogP contribution in [0.4, 0.5) is 5.82 Å². The Bertz CT molecular complexity index is 847. The van der Waals surface area contributed by atoms with E-state index < -0.39 is 0 Å². The molecule has 5 nitrogen and oxygen atoms in total. The number of aliphatic hydroxyl groups excluding tert-OH is 1. The average Bonchev–Trinajstić information content (AvgIpc) is 3.08. The van der Waals surface area contributed by atoms with Crippen molar-refractivity contribution in [2.45, 2.75) is 37.8 Å². The number of hydrogen-bond acceptors (Lipinski definition) is 6. The van der Waals surface area contributed by atoms with Gasteiger partial charge in [0.05, 0.1) is 17.8 Å². The second-order valence-corrected chi connectivity index (χ2v) is 7.15. The number of aliphatic hydroxyl groups is 1. The third kappa shape index (κ3) is 2.83. The van der Waals surface area contributed by atoms with Crippen LogP contribution in [-0.2, 0) is 0 Å². The number of thiophene rings is 1. The maximum absolute atomic E-state index is 10.4. The zero-order chi connectivity index (χ0) is 16.5. The van der Waals surface area contributed by atoms with Gasteiger partial charge in [-0.25, -0.2) is 0 Å². The molecular formula is C18H19N3O2S. The molecule has 0 spiro atoms. The van der Waals surface area contributed by atoms with Crippen LogP contribution in [0.25, 0.3) is 21.3 Å². The van der Waals surface area contributed by atoms with E-state index in [1.807, 2.05) is 35.7 Å². The Labute approximate surface area is 144 Å². The van der Waals surface area contributed by atoms with E-state index in [9.17, 15) is 10.2 Å². The number of rotatable bonds is 3. The van der Waals surface area contributed by atoms with E-state index in [2.05, 4.69) is 15.5 Å². The molecule has 2 heterocycles. The standard InChI is InChI=1S/C18H19N3O2S/c22-15-4-2-1-3-14(15)19-17-8-6-13(20-21-17)11-5-7-16-12(18(11)23)9-10-24-16/h5-10,14-15,22-23H,1-4H2,(H,19,21). The van der Waals surface area contributed by atoms with Gasteiger partial charge in [-0.05, 0) is 48.6 Å². The van der Waals surface area contributed by atoms with Crippen molar-refractivity contribution in [1.82, 2.24) is 10.2 Å². The summed E-state index contributed by atoms with van der Waals surface area (Å²) in [5, 5.41) is 35.0. The van der Waals surface area contributed by atoms with Gasteiger partial charge in [0.1, 0.15) is 11.6 Å². The number of nitrogens with one attached hydrogen (secondary N) is 1. The van der Waals surface area contributed by atoms with E-state index in [0.29, 0.717) is 17.1 Å². The van der Waals surface area contributed by atoms with Crippen LogP contribution >= 0.6 is 11.3 Å². The minimum absolute atomic E-state index is 0.0365. The van der Waals surface area contributed by atoms with E-state index in [1.165, 1.54) is 0 Å². The van der Waals surface area contributed by atoms with Crippen molar-refractivity contribution in [3.63, 3.8) is 0 Å². The molecule has 6 heteroatoms. The molecule has 3 N–H and O–H groups in total. The van der Waals surface area contributed by atoms with Crippen molar-refractivity contribution in [3.8, 4) is 17.0 Å². The van der Waals surface area contributed by atoms with Crippen LogP contribution in [0.5, 0.6) is 5.75 Å². The second kappa shape index (κ2) is 6.37. The first-order valence-corrected chi connectivity index (χ1v) is 9.08. The molecule has 1 aromatic carbocycles. The van der Waals surface area contributed by atoms with Crippen molar-refractivity contribution in [2.75, 3.05) is 5.32 Å². The van der Waals surface area contributed by atoms with Crippen LogP contribution in [0.1, 0.15) is 25.7 Å². The Kier molecular flexibility index (Phi) is 4.08. The van der Waals surface area contributed by atoms with E-state index in [0.717, 1.165) is 35.8 Å². The monoisotopic (exact) mass is 341 g/mol. The lowest BCUT2D eigenvalue weighted by atomic mass is 9.92. The highest BCUT2D eigenvalue weighted by molar-refractivity contribution is 7.17. The SMILES string of the molecule is Oc1c(-c2ccc(NC3CCCCC3O)nn2)ccc2sccc12. The van der Waals surface area contributed by atoms with Crippen molar-refractivity contribution < 1.29 is 10.2 Å². The van der Waals surface area contributed by atoms with Crippen molar-refractivity contribution in [3.05, 3.63) is 35.7 Å². The number of aromatic nitrogens is 2. The number of nitrogens with zero attached hydrogens (tertiary/aromatic N) is 2. The Morgan fingerprint density at radius 3 is 2.71 bits per heavy atom. The highest BCUT2D eigenvalue weighted by Gasteiger charge is 2.23. The Hall–Kier alpha value is -2.18. The fourth-order valence-electron chi connectivity index (χ4n) is 3.26. The van der Waals surface area contributed by atoms with Crippen LogP contribution in [0.3, 0.4) is 0 Å². The lowest BCUT2D eigenvalue weighted by Crippen LogP contribution is -2.36. The lowest BCUT2D eigenvalue weighted by Gasteiger charge is -2.28. The predicted octanol–water partition coefficient (Wildman–Crippen LogP) is 3.78. The van der Waals surface area contributed by atoms with Gasteiger partial charge in [0, 0.05) is 15.6 Å². The molecule has 1 saturated carbocycles. The third-order valence-electron chi connectivity index (χ3n) is 4.61. The zero-order valence-corrected chi connectivity index (χ0v) is 14.0. The number of benzene rings is 1. The molecule has 1 fully saturated rings. The van der Waals surface area contributed by atoms with Crippen molar-refractivity contribution >= 4 is 27.2 Å². The predicted molar refractivity (Wildman–Crippen MR) is 96.4 cm³/mol. The first-order chi connectivity index (χ1) is 11.7. The van der Waals surface area contributed by atoms with Crippen LogP contribution in [0, 0.1) is 0 Å². The third-order valence-corrected chi connectivity index (χ3v) is 5.49. The van der Waals surface area contributed by atoms with Gasteiger partial charge in [0.25, 0.3) is 0 Å². The first-order valence-electron chi connectivity index (χ1n) is 8.20. The topological polar surface area (TPSA) is 78.3 Å². The Morgan fingerprint density at radius 2 is 1.92 bits per heavy atom. The summed E-state index contributed by atoms with van der Waals surface area (Å²) in [6.07, 6.45) is 3.64. The first kappa shape index (κ1) is 15.4. The second-order valence-electron chi connectivity index (χ2n) is 6.20. The normalized spacial score (nSPS) is 21.0. The fraction of sp³-hybridized carbons (Fsp3) is 0.333. The highest BCUT2D eigenvalue weighted by Crippen LogP contribution is 2.37. The molecule has 24 heavy (non-hydrogen) atoms. The molecule has 3 aromatic rings. The summed E-state index contributed by atoms with van der Waals surface area (Å²) in [6.45, 7) is 0. The molecule has 0 aliphatic heterocycles. The average molecular weight is 341 g/mol. The number of fused-ring (bicyclic) bond motifs is 1. The van der Waals surface area contributed by atoms with Gasteiger partial charge >= 0.3 is 0 Å². The van der Waals surface area contributed by atoms with E-state index in [1.54, 1.807) is 11.3 Å². The number of hydrogen-bond donors (Lipinski definition) is 3. The molecule has 0 amide bonds. The van der Waals surface area contributed by atoms with Gasteiger partial charge in [0.2, 0.25) is 0 Å². The van der Waals surface area contributed by atoms with Gasteiger partial charge in [-0.3, -0.25) is 0 Å². The molecule has 2 atom stereocenters. The smallest absolute Gasteiger partial charge is 0.148 e. The highest BCUT2D eigenvalue weighted by atomic mass is 32.1. The minimum Gasteiger partial charge on any atom is -0.507 e. The Balaban J connectivity index is 1.57. The minimum atomic E-state index is -0.328. The van der Waals surface area contributed by atoms with Crippen molar-refractivity contribution in [1.29, 1.82) is 0 Å². The van der Waals surface area contributed by atoms with Crippen LogP contribution in [0.15, 0.2) is 35.7 Å². The molecule has 1 aliphatic rings. The van der Waals surface area contributed by atoms with Crippen molar-refractivity contribution in [2.24, 2.45) is 0 Å². The zero-order valence-electron chi connectivity index (χ0n) is 13.1. The lowest BCUT2D eigenvalue weighted by molar-refractivity contribution is 0.116. The summed E-state index contributed by atoms with van der Waals surface area (Å²) in [6, 6.07) is 9.50. The van der Waals surface area contributed by atoms with E-state index >= 15 is 0 Å². The maximum Gasteiger partial charge on any atom is 0.148 e. The van der Waals surface area contributed by atoms with Gasteiger partial charge in [-0.15, -0.1) is 21.5 Å². The van der Waals surface area contributed by atoms with Crippen LogP contribution in [-0.4, -0.2) is 32.6 Å². The number of phenolic OH excluding ortho intramolecular Hbond substituents is 1. The summed E-state index contributed by atoms with van der Waals surface area (Å²) < 4.78 is 1.05. The number of aromatic hydroxyl groups is 1. The molecule has 4 rings (SSSR count). The van der Waals surface area contributed by atoms with Crippen LogP contribution in [0.2, 0.25) is 0 Å². The molecule has 2 unspecified atom stereocenters. The summed E-state index contributed by atoms with van der Waals surface area (Å²) in [7, 11) is 0. The summed E-state index contributed by atoms with van der Waals surface area (Å²) >= 11 is 1.60. The van der Waals surface area contributed by atoms with Gasteiger partial charge in [0.15, 0.2) is 0 Å². The molecule has 124 valence electrons. The largest absolute Gasteiger partial charge is 0.507 e. The molecule has 1 aliphatic carbocycles. The fourth-order valence-corrected chi connectivity index (χ4v) is 4.05. The van der Waals surface area contributed by atoms with E-state index in [-0.39, 0.29) is 17.9 Å². The van der Waals surface area contributed by atoms with Gasteiger partial charge in [-0.1, -0.05) is 12.8 Å². The van der Waals surface area contributed by atoms with E-state index in [4.69, 9.17) is 0 Å². The molecule has 0 saturated heterocycles. The molecule has 0 bridgehead atoms. The van der Waals surface area contributed by atoms with Gasteiger partial charge in [-0.2, -0.15) is 0 Å². The van der Waals surface area contributed by atoms with Gasteiger partial charge < -0.3 is 15.5 Å². The summed E-state index contributed by atoms with van der Waals surface area (Å²) in [5.41, 5.74) is 1.31. The number of anilines is 1. The molecule has 0 radical (unpaired) electrons. The summed E-state index contributed by atoms with van der Waals surface area (Å²) in [4.78, 5) is 0. The van der Waals surface area contributed by atoms with Crippen LogP contribution < -0.4 is 5.32 Å². The molecular weight excluding hydrogens is 322 g/mol. The maximum atomic E-state index is 10.4.